The number of hydrogen-bond donors (Lipinski definition) is 2. The van der Waals surface area contributed by atoms with Crippen molar-refractivity contribution in [2.75, 3.05) is 5.73 Å². The van der Waals surface area contributed by atoms with Crippen LogP contribution in [0.2, 0.25) is 0 Å². The molecule has 0 bridgehead atoms. The molecule has 3 N–H and O–H groups in total. The van der Waals surface area contributed by atoms with Crippen LogP contribution >= 0.6 is 0 Å². The number of rotatable bonds is 5. The van der Waals surface area contributed by atoms with Crippen molar-refractivity contribution in [2.45, 2.75) is 51.1 Å². The number of hydrogen-bond acceptors (Lipinski definition) is 4. The van der Waals surface area contributed by atoms with Gasteiger partial charge in [-0.25, -0.2) is 17.8 Å². The minimum absolute atomic E-state index is 0.0301. The third-order valence-corrected chi connectivity index (χ3v) is 4.15. The monoisotopic (exact) mass is 260 g/mol. The fraction of sp³-hybridized carbons (Fsp3) is 0.700. The SMILES string of the molecule is CCC(C)NS(=O)(=O)c1cnn(C(C)C)c1N. The van der Waals surface area contributed by atoms with Crippen LogP contribution in [0.5, 0.6) is 0 Å². The summed E-state index contributed by atoms with van der Waals surface area (Å²) in [6.45, 7) is 7.50. The van der Waals surface area contributed by atoms with Gasteiger partial charge in [-0.05, 0) is 27.2 Å². The van der Waals surface area contributed by atoms with E-state index in [1.165, 1.54) is 10.9 Å². The number of sulfonamides is 1. The maximum absolute atomic E-state index is 12.0. The van der Waals surface area contributed by atoms with E-state index in [2.05, 4.69) is 9.82 Å². The summed E-state index contributed by atoms with van der Waals surface area (Å²) >= 11 is 0. The molecule has 0 aromatic carbocycles. The van der Waals surface area contributed by atoms with Gasteiger partial charge < -0.3 is 5.73 Å². The molecule has 1 atom stereocenters. The molecule has 1 rings (SSSR count). The van der Waals surface area contributed by atoms with E-state index >= 15 is 0 Å². The molecule has 0 aliphatic carbocycles. The molecule has 17 heavy (non-hydrogen) atoms. The topological polar surface area (TPSA) is 90.0 Å². The van der Waals surface area contributed by atoms with Crippen molar-refractivity contribution >= 4 is 15.8 Å². The van der Waals surface area contributed by atoms with Crippen LogP contribution in [-0.2, 0) is 10.0 Å². The van der Waals surface area contributed by atoms with Gasteiger partial charge in [-0.2, -0.15) is 5.10 Å². The number of nitrogen functional groups attached to an aromatic ring is 1. The van der Waals surface area contributed by atoms with Gasteiger partial charge in [0.05, 0.1) is 6.20 Å². The lowest BCUT2D eigenvalue weighted by atomic mass is 10.3. The number of aromatic nitrogens is 2. The molecule has 1 heterocycles. The van der Waals surface area contributed by atoms with E-state index in [0.717, 1.165) is 6.42 Å². The van der Waals surface area contributed by atoms with E-state index in [1.807, 2.05) is 20.8 Å². The molecule has 1 aromatic heterocycles. The van der Waals surface area contributed by atoms with Gasteiger partial charge in [-0.1, -0.05) is 6.92 Å². The maximum atomic E-state index is 12.0. The van der Waals surface area contributed by atoms with Crippen molar-refractivity contribution in [2.24, 2.45) is 0 Å². The Balaban J connectivity index is 3.08. The molecule has 0 saturated carbocycles. The van der Waals surface area contributed by atoms with Crippen LogP contribution in [-0.4, -0.2) is 24.2 Å². The normalized spacial score (nSPS) is 14.2. The predicted molar refractivity (Wildman–Crippen MR) is 67.1 cm³/mol. The first-order valence-electron chi connectivity index (χ1n) is 5.65. The molecule has 0 saturated heterocycles. The highest BCUT2D eigenvalue weighted by atomic mass is 32.2. The zero-order valence-electron chi connectivity index (χ0n) is 10.6. The average Bonchev–Trinajstić information content (AvgIpc) is 2.59. The summed E-state index contributed by atoms with van der Waals surface area (Å²) in [5.74, 6) is 0.177. The van der Waals surface area contributed by atoms with Gasteiger partial charge >= 0.3 is 0 Å². The number of nitrogens with one attached hydrogen (secondary N) is 1. The predicted octanol–water partition coefficient (Wildman–Crippen LogP) is 1.12. The summed E-state index contributed by atoms with van der Waals surface area (Å²) in [5.41, 5.74) is 5.79. The van der Waals surface area contributed by atoms with Gasteiger partial charge in [0.1, 0.15) is 10.7 Å². The third kappa shape index (κ3) is 2.98. The van der Waals surface area contributed by atoms with Crippen molar-refractivity contribution in [3.63, 3.8) is 0 Å². The molecule has 0 aliphatic rings. The van der Waals surface area contributed by atoms with Crippen LogP contribution in [0.15, 0.2) is 11.1 Å². The summed E-state index contributed by atoms with van der Waals surface area (Å²) in [5, 5.41) is 3.99. The Morgan fingerprint density at radius 3 is 2.47 bits per heavy atom. The lowest BCUT2D eigenvalue weighted by molar-refractivity contribution is 0.539. The van der Waals surface area contributed by atoms with Gasteiger partial charge in [-0.3, -0.25) is 0 Å². The lowest BCUT2D eigenvalue weighted by Gasteiger charge is -2.12. The fourth-order valence-electron chi connectivity index (χ4n) is 1.39. The van der Waals surface area contributed by atoms with Crippen molar-refractivity contribution in [1.82, 2.24) is 14.5 Å². The average molecular weight is 260 g/mol. The molecule has 1 unspecified atom stereocenters. The Kier molecular flexibility index (Phi) is 4.16. The molecule has 0 fully saturated rings. The van der Waals surface area contributed by atoms with E-state index in [9.17, 15) is 8.42 Å². The van der Waals surface area contributed by atoms with Crippen LogP contribution in [0.1, 0.15) is 40.2 Å². The summed E-state index contributed by atoms with van der Waals surface area (Å²) < 4.78 is 28.1. The van der Waals surface area contributed by atoms with Gasteiger partial charge in [0.15, 0.2) is 0 Å². The van der Waals surface area contributed by atoms with Gasteiger partial charge in [-0.15, -0.1) is 0 Å². The molecule has 6 nitrogen and oxygen atoms in total. The molecular weight excluding hydrogens is 240 g/mol. The van der Waals surface area contributed by atoms with Gasteiger partial charge in [0.2, 0.25) is 10.0 Å². The van der Waals surface area contributed by atoms with Crippen LogP contribution in [0.4, 0.5) is 5.82 Å². The first-order chi connectivity index (χ1) is 7.79. The highest BCUT2D eigenvalue weighted by Gasteiger charge is 2.23. The highest BCUT2D eigenvalue weighted by Crippen LogP contribution is 2.21. The summed E-state index contributed by atoms with van der Waals surface area (Å²) in [6.07, 6.45) is 2.01. The largest absolute Gasteiger partial charge is 0.383 e. The molecular formula is C10H20N4O2S. The molecule has 0 radical (unpaired) electrons. The number of nitrogens with two attached hydrogens (primary N) is 1. The minimum Gasteiger partial charge on any atom is -0.383 e. The number of nitrogens with zero attached hydrogens (tertiary/aromatic N) is 2. The summed E-state index contributed by atoms with van der Waals surface area (Å²) in [7, 11) is -3.57. The van der Waals surface area contributed by atoms with Crippen LogP contribution < -0.4 is 10.5 Å². The van der Waals surface area contributed by atoms with E-state index in [4.69, 9.17) is 5.73 Å². The molecule has 0 spiro atoms. The lowest BCUT2D eigenvalue weighted by Crippen LogP contribution is -2.32. The van der Waals surface area contributed by atoms with Crippen LogP contribution in [0.3, 0.4) is 0 Å². The molecule has 7 heteroatoms. The van der Waals surface area contributed by atoms with Gasteiger partial charge in [0.25, 0.3) is 0 Å². The first-order valence-corrected chi connectivity index (χ1v) is 7.13. The quantitative estimate of drug-likeness (QED) is 0.830. The molecule has 98 valence electrons. The second kappa shape index (κ2) is 5.05. The van der Waals surface area contributed by atoms with Crippen molar-refractivity contribution in [3.05, 3.63) is 6.20 Å². The van der Waals surface area contributed by atoms with Crippen LogP contribution in [0, 0.1) is 0 Å². The fourth-order valence-corrected chi connectivity index (χ4v) is 2.76. The molecule has 0 amide bonds. The smallest absolute Gasteiger partial charge is 0.246 e. The number of anilines is 1. The van der Waals surface area contributed by atoms with Crippen molar-refractivity contribution < 1.29 is 8.42 Å². The highest BCUT2D eigenvalue weighted by molar-refractivity contribution is 7.89. The molecule has 0 aliphatic heterocycles. The van der Waals surface area contributed by atoms with Crippen molar-refractivity contribution in [3.8, 4) is 0 Å². The van der Waals surface area contributed by atoms with Crippen molar-refractivity contribution in [1.29, 1.82) is 0 Å². The second-order valence-electron chi connectivity index (χ2n) is 4.36. The Morgan fingerprint density at radius 2 is 2.06 bits per heavy atom. The van der Waals surface area contributed by atoms with E-state index in [1.54, 1.807) is 6.92 Å². The first kappa shape index (κ1) is 14.0. The van der Waals surface area contributed by atoms with E-state index in [0.29, 0.717) is 0 Å². The maximum Gasteiger partial charge on any atom is 0.246 e. The Morgan fingerprint density at radius 1 is 1.47 bits per heavy atom. The zero-order valence-corrected chi connectivity index (χ0v) is 11.5. The Hall–Kier alpha value is -1.08. The summed E-state index contributed by atoms with van der Waals surface area (Å²) in [4.78, 5) is 0.0477. The Labute approximate surface area is 102 Å². The zero-order chi connectivity index (χ0) is 13.2. The minimum atomic E-state index is -3.57. The summed E-state index contributed by atoms with van der Waals surface area (Å²) in [6, 6.07) is -0.0932. The van der Waals surface area contributed by atoms with E-state index < -0.39 is 10.0 Å². The van der Waals surface area contributed by atoms with Gasteiger partial charge in [0, 0.05) is 12.1 Å². The van der Waals surface area contributed by atoms with Crippen LogP contribution in [0.25, 0.3) is 0 Å². The molecule has 1 aromatic rings. The van der Waals surface area contributed by atoms with E-state index in [-0.39, 0.29) is 22.8 Å². The third-order valence-electron chi connectivity index (χ3n) is 2.55. The Bertz CT molecular complexity index is 478. The second-order valence-corrected chi connectivity index (χ2v) is 6.05. The standard InChI is InChI=1S/C10H20N4O2S/c1-5-8(4)13-17(15,16)9-6-12-14(7(2)3)10(9)11/h6-8,13H,5,11H2,1-4H3.